The zero-order valence-corrected chi connectivity index (χ0v) is 13.7. The van der Waals surface area contributed by atoms with Gasteiger partial charge in [-0.2, -0.15) is 0 Å². The van der Waals surface area contributed by atoms with Crippen LogP contribution < -0.4 is 0 Å². The maximum Gasteiger partial charge on any atom is 0.407 e. The van der Waals surface area contributed by atoms with E-state index in [1.165, 1.54) is 4.90 Å². The third-order valence-corrected chi connectivity index (χ3v) is 4.46. The highest BCUT2D eigenvalue weighted by Gasteiger charge is 2.27. The van der Waals surface area contributed by atoms with Gasteiger partial charge in [0.15, 0.2) is 5.82 Å². The number of amides is 1. The zero-order valence-electron chi connectivity index (χ0n) is 13.7. The molecule has 4 rings (SSSR count). The van der Waals surface area contributed by atoms with E-state index in [-0.39, 0.29) is 0 Å². The molecular weight excluding hydrogens is 316 g/mol. The van der Waals surface area contributed by atoms with Gasteiger partial charge in [0, 0.05) is 25.7 Å². The molecule has 0 saturated carbocycles. The molecule has 0 unspecified atom stereocenters. The second-order valence-electron chi connectivity index (χ2n) is 6.07. The van der Waals surface area contributed by atoms with Gasteiger partial charge in [0.2, 0.25) is 0 Å². The topological polar surface area (TPSA) is 71.2 Å². The molecule has 2 aromatic heterocycles. The smallest absolute Gasteiger partial charge is 0.407 e. The SMILES string of the molecule is O=C(O)N1CCc2nc(-c3ccccn3)n(Cc3ccccc3)c2C1. The molecule has 0 fully saturated rings. The fraction of sp³-hybridized carbons (Fsp3) is 0.211. The molecule has 6 heteroatoms. The van der Waals surface area contributed by atoms with Crippen LogP contribution in [0.25, 0.3) is 11.5 Å². The number of nitrogens with zero attached hydrogens (tertiary/aromatic N) is 4. The summed E-state index contributed by atoms with van der Waals surface area (Å²) in [5, 5.41) is 9.35. The standard InChI is InChI=1S/C19H18N4O2/c24-19(25)22-11-9-15-17(13-22)23(12-14-6-2-1-3-7-14)18(21-15)16-8-4-5-10-20-16/h1-8,10H,9,11-13H2,(H,24,25). The maximum absolute atomic E-state index is 11.4. The minimum Gasteiger partial charge on any atom is -0.465 e. The van der Waals surface area contributed by atoms with Gasteiger partial charge in [-0.3, -0.25) is 4.98 Å². The Morgan fingerprint density at radius 3 is 2.64 bits per heavy atom. The summed E-state index contributed by atoms with van der Waals surface area (Å²) in [6.07, 6.45) is 1.49. The second kappa shape index (κ2) is 6.39. The van der Waals surface area contributed by atoms with E-state index >= 15 is 0 Å². The molecule has 6 nitrogen and oxygen atoms in total. The van der Waals surface area contributed by atoms with Gasteiger partial charge in [-0.25, -0.2) is 9.78 Å². The summed E-state index contributed by atoms with van der Waals surface area (Å²) in [4.78, 5) is 22.1. The predicted octanol–water partition coefficient (Wildman–Crippen LogP) is 3.03. The number of carboxylic acid groups (broad SMARTS) is 1. The molecular formula is C19H18N4O2. The van der Waals surface area contributed by atoms with Gasteiger partial charge in [0.1, 0.15) is 5.69 Å². The summed E-state index contributed by atoms with van der Waals surface area (Å²) in [6, 6.07) is 15.9. The van der Waals surface area contributed by atoms with Crippen molar-refractivity contribution in [2.45, 2.75) is 19.5 Å². The molecule has 1 amide bonds. The molecule has 0 saturated heterocycles. The van der Waals surface area contributed by atoms with Crippen molar-refractivity contribution in [2.24, 2.45) is 0 Å². The quantitative estimate of drug-likeness (QED) is 0.799. The first-order valence-corrected chi connectivity index (χ1v) is 8.24. The van der Waals surface area contributed by atoms with Crippen molar-refractivity contribution in [2.75, 3.05) is 6.54 Å². The van der Waals surface area contributed by atoms with Gasteiger partial charge in [-0.05, 0) is 17.7 Å². The van der Waals surface area contributed by atoms with E-state index < -0.39 is 6.09 Å². The Hall–Kier alpha value is -3.15. The highest BCUT2D eigenvalue weighted by atomic mass is 16.4. The van der Waals surface area contributed by atoms with Crippen molar-refractivity contribution >= 4 is 6.09 Å². The van der Waals surface area contributed by atoms with Crippen molar-refractivity contribution in [3.8, 4) is 11.5 Å². The summed E-state index contributed by atoms with van der Waals surface area (Å²) in [6.45, 7) is 1.48. The van der Waals surface area contributed by atoms with Gasteiger partial charge in [-0.15, -0.1) is 0 Å². The minimum absolute atomic E-state index is 0.358. The predicted molar refractivity (Wildman–Crippen MR) is 93.1 cm³/mol. The summed E-state index contributed by atoms with van der Waals surface area (Å²) < 4.78 is 2.10. The Morgan fingerprint density at radius 1 is 1.12 bits per heavy atom. The average molecular weight is 334 g/mol. The molecule has 1 aliphatic heterocycles. The number of hydrogen-bond donors (Lipinski definition) is 1. The highest BCUT2D eigenvalue weighted by Crippen LogP contribution is 2.26. The van der Waals surface area contributed by atoms with Gasteiger partial charge < -0.3 is 14.6 Å². The number of rotatable bonds is 3. The number of carbonyl (C=O) groups is 1. The van der Waals surface area contributed by atoms with Crippen molar-refractivity contribution in [1.82, 2.24) is 19.4 Å². The van der Waals surface area contributed by atoms with Crippen LogP contribution in [0.15, 0.2) is 54.7 Å². The first-order chi connectivity index (χ1) is 12.2. The maximum atomic E-state index is 11.4. The summed E-state index contributed by atoms with van der Waals surface area (Å²) in [7, 11) is 0. The lowest BCUT2D eigenvalue weighted by molar-refractivity contribution is 0.138. The number of imidazole rings is 1. The Bertz CT molecular complexity index is 891. The average Bonchev–Trinajstić information content (AvgIpc) is 3.01. The molecule has 0 atom stereocenters. The molecule has 126 valence electrons. The fourth-order valence-electron chi connectivity index (χ4n) is 3.20. The molecule has 1 aromatic carbocycles. The van der Waals surface area contributed by atoms with E-state index in [9.17, 15) is 9.90 Å². The minimum atomic E-state index is -0.891. The van der Waals surface area contributed by atoms with Gasteiger partial charge in [-0.1, -0.05) is 36.4 Å². The van der Waals surface area contributed by atoms with Gasteiger partial charge in [0.05, 0.1) is 17.9 Å². The fourth-order valence-corrected chi connectivity index (χ4v) is 3.20. The number of hydrogen-bond acceptors (Lipinski definition) is 3. The van der Waals surface area contributed by atoms with Crippen LogP contribution in [-0.4, -0.2) is 37.2 Å². The molecule has 1 N–H and O–H groups in total. The lowest BCUT2D eigenvalue weighted by atomic mass is 10.1. The Balaban J connectivity index is 1.81. The molecule has 1 aliphatic rings. The van der Waals surface area contributed by atoms with E-state index in [1.807, 2.05) is 36.4 Å². The van der Waals surface area contributed by atoms with Crippen LogP contribution in [0.4, 0.5) is 4.79 Å². The third kappa shape index (κ3) is 2.98. The largest absolute Gasteiger partial charge is 0.465 e. The van der Waals surface area contributed by atoms with Crippen LogP contribution in [0.5, 0.6) is 0 Å². The van der Waals surface area contributed by atoms with Crippen LogP contribution >= 0.6 is 0 Å². The van der Waals surface area contributed by atoms with E-state index in [0.29, 0.717) is 26.1 Å². The second-order valence-corrected chi connectivity index (χ2v) is 6.07. The zero-order chi connectivity index (χ0) is 17.2. The summed E-state index contributed by atoms with van der Waals surface area (Å²) in [5.41, 5.74) is 3.87. The Morgan fingerprint density at radius 2 is 1.92 bits per heavy atom. The normalized spacial score (nSPS) is 13.5. The van der Waals surface area contributed by atoms with Crippen molar-refractivity contribution < 1.29 is 9.90 Å². The van der Waals surface area contributed by atoms with Gasteiger partial charge >= 0.3 is 6.09 Å². The van der Waals surface area contributed by atoms with Crippen molar-refractivity contribution in [3.63, 3.8) is 0 Å². The summed E-state index contributed by atoms with van der Waals surface area (Å²) >= 11 is 0. The van der Waals surface area contributed by atoms with Crippen LogP contribution in [0.2, 0.25) is 0 Å². The number of pyridine rings is 1. The molecule has 0 spiro atoms. The molecule has 3 heterocycles. The van der Waals surface area contributed by atoms with E-state index in [4.69, 9.17) is 4.98 Å². The first kappa shape index (κ1) is 15.4. The lowest BCUT2D eigenvalue weighted by Gasteiger charge is -2.25. The summed E-state index contributed by atoms with van der Waals surface area (Å²) in [5.74, 6) is 0.793. The monoisotopic (exact) mass is 334 g/mol. The molecule has 0 aliphatic carbocycles. The van der Waals surface area contributed by atoms with Crippen LogP contribution in [0.3, 0.4) is 0 Å². The lowest BCUT2D eigenvalue weighted by Crippen LogP contribution is -2.35. The van der Waals surface area contributed by atoms with E-state index in [0.717, 1.165) is 28.5 Å². The third-order valence-electron chi connectivity index (χ3n) is 4.46. The molecule has 0 bridgehead atoms. The molecule has 3 aromatic rings. The van der Waals surface area contributed by atoms with E-state index in [2.05, 4.69) is 21.7 Å². The molecule has 0 radical (unpaired) electrons. The Kier molecular flexibility index (Phi) is 3.93. The van der Waals surface area contributed by atoms with Crippen LogP contribution in [-0.2, 0) is 19.5 Å². The number of benzene rings is 1. The Labute approximate surface area is 145 Å². The van der Waals surface area contributed by atoms with Crippen molar-refractivity contribution in [3.05, 3.63) is 71.7 Å². The van der Waals surface area contributed by atoms with Crippen LogP contribution in [0, 0.1) is 0 Å². The molecule has 25 heavy (non-hydrogen) atoms. The number of aromatic nitrogens is 3. The number of fused-ring (bicyclic) bond motifs is 1. The van der Waals surface area contributed by atoms with Crippen LogP contribution in [0.1, 0.15) is 17.0 Å². The van der Waals surface area contributed by atoms with Crippen molar-refractivity contribution in [1.29, 1.82) is 0 Å². The van der Waals surface area contributed by atoms with E-state index in [1.54, 1.807) is 6.20 Å². The highest BCUT2D eigenvalue weighted by molar-refractivity contribution is 5.65. The van der Waals surface area contributed by atoms with Gasteiger partial charge in [0.25, 0.3) is 0 Å². The first-order valence-electron chi connectivity index (χ1n) is 8.24.